The first-order valence-electron chi connectivity index (χ1n) is 8.10. The highest BCUT2D eigenvalue weighted by Gasteiger charge is 2.18. The number of rotatable bonds is 1. The molecule has 0 saturated heterocycles. The van der Waals surface area contributed by atoms with Gasteiger partial charge in [0.15, 0.2) is 0 Å². The van der Waals surface area contributed by atoms with Crippen molar-refractivity contribution in [2.45, 2.75) is 0 Å². The first-order valence-corrected chi connectivity index (χ1v) is 8.10. The van der Waals surface area contributed by atoms with Gasteiger partial charge in [0.25, 0.3) is 5.56 Å². The van der Waals surface area contributed by atoms with E-state index in [9.17, 15) is 10.1 Å². The van der Waals surface area contributed by atoms with Crippen molar-refractivity contribution < 1.29 is 4.42 Å². The molecule has 26 heavy (non-hydrogen) atoms. The van der Waals surface area contributed by atoms with Gasteiger partial charge in [-0.1, -0.05) is 48.5 Å². The van der Waals surface area contributed by atoms with Crippen LogP contribution in [0.3, 0.4) is 0 Å². The molecule has 0 radical (unpaired) electrons. The molecule has 2 aromatic carbocycles. The molecule has 0 aliphatic carbocycles. The lowest BCUT2D eigenvalue weighted by Crippen LogP contribution is -2.12. The van der Waals surface area contributed by atoms with Crippen molar-refractivity contribution in [1.82, 2.24) is 9.97 Å². The number of fused-ring (bicyclic) bond motifs is 2. The van der Waals surface area contributed by atoms with E-state index in [-0.39, 0.29) is 11.3 Å². The fraction of sp³-hybridized carbons (Fsp3) is 0. The van der Waals surface area contributed by atoms with Gasteiger partial charge in [0.05, 0.1) is 10.9 Å². The zero-order valence-electron chi connectivity index (χ0n) is 13.5. The maximum atomic E-state index is 12.3. The van der Waals surface area contributed by atoms with E-state index in [0.717, 1.165) is 22.0 Å². The van der Waals surface area contributed by atoms with Gasteiger partial charge in [0.1, 0.15) is 17.2 Å². The van der Waals surface area contributed by atoms with Gasteiger partial charge in [-0.05, 0) is 17.7 Å². The molecule has 1 N–H and O–H groups in total. The van der Waals surface area contributed by atoms with Gasteiger partial charge >= 0.3 is 0 Å². The van der Waals surface area contributed by atoms with Gasteiger partial charge in [-0.25, -0.2) is 0 Å². The molecule has 122 valence electrons. The van der Waals surface area contributed by atoms with Gasteiger partial charge in [-0.15, -0.1) is 0 Å². The van der Waals surface area contributed by atoms with E-state index >= 15 is 0 Å². The second-order valence-electron chi connectivity index (χ2n) is 6.02. The Morgan fingerprint density at radius 3 is 2.58 bits per heavy atom. The topological polar surface area (TPSA) is 82.7 Å². The predicted octanol–water partition coefficient (Wildman–Crippen LogP) is 4.36. The molecule has 5 rings (SSSR count). The molecule has 0 saturated carbocycles. The fourth-order valence-corrected chi connectivity index (χ4v) is 3.35. The van der Waals surface area contributed by atoms with E-state index in [0.29, 0.717) is 16.5 Å². The Morgan fingerprint density at radius 2 is 1.77 bits per heavy atom. The number of pyridine rings is 2. The Labute approximate surface area is 147 Å². The van der Waals surface area contributed by atoms with Crippen LogP contribution in [0.2, 0.25) is 0 Å². The second-order valence-corrected chi connectivity index (χ2v) is 6.02. The number of aromatic nitrogens is 2. The maximum absolute atomic E-state index is 12.3. The summed E-state index contributed by atoms with van der Waals surface area (Å²) in [6, 6.07) is 21.4. The largest absolute Gasteiger partial charge is 0.438 e. The SMILES string of the molecule is N#Cc1c(=O)nc2oc3ccccc3c3cc(-c4ccccc4)[nH]c1c23. The molecule has 3 heterocycles. The Bertz CT molecular complexity index is 1410. The van der Waals surface area contributed by atoms with Crippen LogP contribution in [-0.2, 0) is 0 Å². The van der Waals surface area contributed by atoms with Crippen LogP contribution in [0.15, 0.2) is 69.9 Å². The highest BCUT2D eigenvalue weighted by atomic mass is 16.3. The third-order valence-corrected chi connectivity index (χ3v) is 4.53. The molecule has 0 fully saturated rings. The molecule has 0 bridgehead atoms. The highest BCUT2D eigenvalue weighted by Crippen LogP contribution is 2.34. The monoisotopic (exact) mass is 337 g/mol. The second kappa shape index (κ2) is 5.30. The van der Waals surface area contributed by atoms with Gasteiger partial charge < -0.3 is 9.40 Å². The van der Waals surface area contributed by atoms with Gasteiger partial charge in [0, 0.05) is 16.5 Å². The zero-order chi connectivity index (χ0) is 17.7. The van der Waals surface area contributed by atoms with E-state index in [1.165, 1.54) is 0 Å². The number of nitrogens with one attached hydrogen (secondary N) is 1. The van der Waals surface area contributed by atoms with Gasteiger partial charge in [0.2, 0.25) is 5.71 Å². The van der Waals surface area contributed by atoms with Gasteiger partial charge in [-0.2, -0.15) is 10.2 Å². The number of hydrogen-bond acceptors (Lipinski definition) is 4. The highest BCUT2D eigenvalue weighted by molar-refractivity contribution is 6.17. The molecule has 0 atom stereocenters. The Kier molecular flexibility index (Phi) is 2.94. The molecule has 3 aromatic heterocycles. The quantitative estimate of drug-likeness (QED) is 0.364. The van der Waals surface area contributed by atoms with E-state index in [4.69, 9.17) is 4.42 Å². The standard InChI is InChI=1S/C21H11N3O2/c22-11-15-19-18-14(10-16(23-19)12-6-2-1-3-7-12)13-8-4-5-9-17(13)26-21(18)24-20(15)25/h1-10,23H. The molecule has 5 heteroatoms. The summed E-state index contributed by atoms with van der Waals surface area (Å²) < 4.78 is 5.83. The summed E-state index contributed by atoms with van der Waals surface area (Å²) in [6.07, 6.45) is 0. The zero-order valence-corrected chi connectivity index (χ0v) is 13.5. The summed E-state index contributed by atoms with van der Waals surface area (Å²) in [4.78, 5) is 19.5. The smallest absolute Gasteiger partial charge is 0.293 e. The lowest BCUT2D eigenvalue weighted by atomic mass is 10.0. The summed E-state index contributed by atoms with van der Waals surface area (Å²) >= 11 is 0. The average molecular weight is 337 g/mol. The van der Waals surface area contributed by atoms with Crippen molar-refractivity contribution in [3.63, 3.8) is 0 Å². The number of para-hydroxylation sites is 1. The summed E-state index contributed by atoms with van der Waals surface area (Å²) in [5.41, 5.74) is 2.50. The van der Waals surface area contributed by atoms with Crippen LogP contribution in [0.5, 0.6) is 0 Å². The van der Waals surface area contributed by atoms with E-state index in [2.05, 4.69) is 9.97 Å². The predicted molar refractivity (Wildman–Crippen MR) is 99.8 cm³/mol. The number of H-pyrrole nitrogens is 1. The number of hydrogen-bond donors (Lipinski definition) is 1. The molecule has 5 nitrogen and oxygen atoms in total. The molecule has 5 aromatic rings. The molecule has 0 amide bonds. The Balaban J connectivity index is 2.08. The maximum Gasteiger partial charge on any atom is 0.293 e. The normalized spacial score (nSPS) is 11.2. The molecular weight excluding hydrogens is 326 g/mol. The van der Waals surface area contributed by atoms with Crippen LogP contribution in [0.25, 0.3) is 44.2 Å². The number of benzene rings is 2. The average Bonchev–Trinajstić information content (AvgIpc) is 2.68. The van der Waals surface area contributed by atoms with Crippen LogP contribution in [0, 0.1) is 11.3 Å². The van der Waals surface area contributed by atoms with Crippen LogP contribution in [0.4, 0.5) is 0 Å². The van der Waals surface area contributed by atoms with E-state index in [1.54, 1.807) is 0 Å². The number of nitriles is 1. The Hall–Kier alpha value is -3.91. The van der Waals surface area contributed by atoms with Crippen molar-refractivity contribution in [2.24, 2.45) is 0 Å². The lowest BCUT2D eigenvalue weighted by molar-refractivity contribution is 0.645. The van der Waals surface area contributed by atoms with Crippen LogP contribution >= 0.6 is 0 Å². The minimum atomic E-state index is -0.596. The molecule has 0 spiro atoms. The van der Waals surface area contributed by atoms with Gasteiger partial charge in [-0.3, -0.25) is 4.79 Å². The minimum Gasteiger partial charge on any atom is -0.438 e. The molecule has 0 aliphatic heterocycles. The summed E-state index contributed by atoms with van der Waals surface area (Å²) in [7, 11) is 0. The van der Waals surface area contributed by atoms with Crippen molar-refractivity contribution in [3.05, 3.63) is 76.6 Å². The number of aromatic amines is 1. The van der Waals surface area contributed by atoms with Crippen molar-refractivity contribution in [3.8, 4) is 17.3 Å². The lowest BCUT2D eigenvalue weighted by Gasteiger charge is -2.12. The van der Waals surface area contributed by atoms with Crippen LogP contribution in [0.1, 0.15) is 5.56 Å². The van der Waals surface area contributed by atoms with Crippen molar-refractivity contribution >= 4 is 33.0 Å². The number of nitrogens with zero attached hydrogens (tertiary/aromatic N) is 2. The molecule has 0 aliphatic rings. The van der Waals surface area contributed by atoms with Crippen molar-refractivity contribution in [1.29, 1.82) is 5.26 Å². The fourth-order valence-electron chi connectivity index (χ4n) is 3.35. The van der Waals surface area contributed by atoms with Crippen molar-refractivity contribution in [2.75, 3.05) is 0 Å². The molecule has 0 unspecified atom stereocenters. The third kappa shape index (κ3) is 1.96. The minimum absolute atomic E-state index is 0.00855. The summed E-state index contributed by atoms with van der Waals surface area (Å²) in [5, 5.41) is 11.9. The first-order chi connectivity index (χ1) is 12.8. The third-order valence-electron chi connectivity index (χ3n) is 4.53. The van der Waals surface area contributed by atoms with Crippen LogP contribution < -0.4 is 5.56 Å². The summed E-state index contributed by atoms with van der Waals surface area (Å²) in [6.45, 7) is 0. The Morgan fingerprint density at radius 1 is 1.00 bits per heavy atom. The van der Waals surface area contributed by atoms with E-state index in [1.807, 2.05) is 66.7 Å². The van der Waals surface area contributed by atoms with Crippen LogP contribution in [-0.4, -0.2) is 9.97 Å². The summed E-state index contributed by atoms with van der Waals surface area (Å²) in [5.74, 6) is 0. The first kappa shape index (κ1) is 14.4. The molecular formula is C21H11N3O2. The van der Waals surface area contributed by atoms with E-state index < -0.39 is 5.56 Å².